The summed E-state index contributed by atoms with van der Waals surface area (Å²) in [7, 11) is 0. The number of benzene rings is 1. The summed E-state index contributed by atoms with van der Waals surface area (Å²) in [4.78, 5) is 34.1. The monoisotopic (exact) mass is 386 g/mol. The zero-order valence-corrected chi connectivity index (χ0v) is 15.9. The smallest absolute Gasteiger partial charge is 0.270 e. The van der Waals surface area contributed by atoms with Crippen LogP contribution in [0.25, 0.3) is 0 Å². The first-order valence-corrected chi connectivity index (χ1v) is 9.77. The highest BCUT2D eigenvalue weighted by atomic mass is 35.5. The Labute approximate surface area is 163 Å². The minimum atomic E-state index is -0.0301. The summed E-state index contributed by atoms with van der Waals surface area (Å²) < 4.78 is 0. The van der Waals surface area contributed by atoms with Crippen LogP contribution in [0.1, 0.15) is 33.7 Å². The zero-order chi connectivity index (χ0) is 18.8. The fraction of sp³-hybridized carbons (Fsp3) is 0.400. The molecule has 1 aromatic heterocycles. The lowest BCUT2D eigenvalue weighted by atomic mass is 10.2. The van der Waals surface area contributed by atoms with Crippen LogP contribution in [0.2, 0.25) is 5.02 Å². The molecule has 0 unspecified atom stereocenters. The van der Waals surface area contributed by atoms with Gasteiger partial charge >= 0.3 is 0 Å². The highest BCUT2D eigenvalue weighted by Gasteiger charge is 2.25. The Morgan fingerprint density at radius 2 is 1.59 bits per heavy atom. The third-order valence-electron chi connectivity index (χ3n) is 5.29. The molecule has 4 rings (SSSR count). The van der Waals surface area contributed by atoms with Crippen LogP contribution in [0, 0.1) is 0 Å². The second-order valence-corrected chi connectivity index (χ2v) is 7.50. The van der Waals surface area contributed by atoms with Crippen LogP contribution in [0.15, 0.2) is 36.5 Å². The van der Waals surface area contributed by atoms with Gasteiger partial charge in [0.2, 0.25) is 0 Å². The number of carbonyl (C=O) groups excluding carboxylic acids is 2. The van der Waals surface area contributed by atoms with Gasteiger partial charge in [-0.1, -0.05) is 17.7 Å². The van der Waals surface area contributed by atoms with E-state index in [1.807, 2.05) is 34.1 Å². The Balaban J connectivity index is 1.37. The van der Waals surface area contributed by atoms with Gasteiger partial charge in [-0.25, -0.2) is 0 Å². The quantitative estimate of drug-likeness (QED) is 0.882. The van der Waals surface area contributed by atoms with Crippen LogP contribution in [0.5, 0.6) is 0 Å². The van der Waals surface area contributed by atoms with Crippen LogP contribution < -0.4 is 4.90 Å². The van der Waals surface area contributed by atoms with Gasteiger partial charge in [-0.3, -0.25) is 9.59 Å². The van der Waals surface area contributed by atoms with Gasteiger partial charge in [0.25, 0.3) is 11.8 Å². The van der Waals surface area contributed by atoms with Gasteiger partial charge in [-0.2, -0.15) is 0 Å². The Bertz CT molecular complexity index is 836. The molecule has 7 heteroatoms. The van der Waals surface area contributed by atoms with Gasteiger partial charge in [-0.05, 0) is 37.1 Å². The van der Waals surface area contributed by atoms with Crippen molar-refractivity contribution < 1.29 is 9.59 Å². The van der Waals surface area contributed by atoms with Crippen molar-refractivity contribution in [1.82, 2.24) is 14.8 Å². The largest absolute Gasteiger partial charge is 0.368 e. The summed E-state index contributed by atoms with van der Waals surface area (Å²) in [5, 5.41) is 0.716. The van der Waals surface area contributed by atoms with E-state index >= 15 is 0 Å². The zero-order valence-electron chi connectivity index (χ0n) is 15.2. The molecule has 0 spiro atoms. The molecule has 2 aliphatic rings. The number of hydrogen-bond donors (Lipinski definition) is 1. The molecular formula is C20H23ClN4O2. The molecule has 2 amide bonds. The molecule has 2 saturated heterocycles. The number of piperazine rings is 1. The topological polar surface area (TPSA) is 59.7 Å². The molecule has 3 heterocycles. The van der Waals surface area contributed by atoms with Crippen molar-refractivity contribution in [1.29, 1.82) is 0 Å². The molecule has 1 aromatic carbocycles. The van der Waals surface area contributed by atoms with Crippen LogP contribution in [0.4, 0.5) is 5.69 Å². The van der Waals surface area contributed by atoms with E-state index in [1.54, 1.807) is 12.3 Å². The van der Waals surface area contributed by atoms with E-state index in [0.29, 0.717) is 29.4 Å². The van der Waals surface area contributed by atoms with Crippen molar-refractivity contribution in [3.8, 4) is 0 Å². The highest BCUT2D eigenvalue weighted by Crippen LogP contribution is 2.21. The third kappa shape index (κ3) is 3.81. The molecule has 0 atom stereocenters. The number of anilines is 1. The van der Waals surface area contributed by atoms with Gasteiger partial charge in [0.05, 0.1) is 5.56 Å². The Hall–Kier alpha value is -2.47. The molecule has 1 N–H and O–H groups in total. The highest BCUT2D eigenvalue weighted by molar-refractivity contribution is 6.30. The molecule has 6 nitrogen and oxygen atoms in total. The molecule has 0 radical (unpaired) electrons. The second kappa shape index (κ2) is 7.64. The minimum absolute atomic E-state index is 0.0164. The number of rotatable bonds is 3. The van der Waals surface area contributed by atoms with E-state index in [0.717, 1.165) is 44.7 Å². The maximum atomic E-state index is 12.8. The average Bonchev–Trinajstić information content (AvgIpc) is 3.39. The summed E-state index contributed by atoms with van der Waals surface area (Å²) in [5.41, 5.74) is 2.13. The molecule has 0 saturated carbocycles. The first-order chi connectivity index (χ1) is 13.1. The van der Waals surface area contributed by atoms with Gasteiger partial charge in [-0.15, -0.1) is 0 Å². The Kier molecular flexibility index (Phi) is 5.07. The number of hydrogen-bond acceptors (Lipinski definition) is 3. The van der Waals surface area contributed by atoms with Crippen molar-refractivity contribution in [3.05, 3.63) is 52.8 Å². The SMILES string of the molecule is O=C(c1c[nH]c(C(=O)N2CCCC2)c1)N1CCN(c2cccc(Cl)c2)CC1. The lowest BCUT2D eigenvalue weighted by Gasteiger charge is -2.36. The van der Waals surface area contributed by atoms with Crippen molar-refractivity contribution in [3.63, 3.8) is 0 Å². The fourth-order valence-electron chi connectivity index (χ4n) is 3.75. The van der Waals surface area contributed by atoms with Crippen LogP contribution in [0.3, 0.4) is 0 Å². The molecule has 0 aliphatic carbocycles. The minimum Gasteiger partial charge on any atom is -0.368 e. The van der Waals surface area contributed by atoms with E-state index in [-0.39, 0.29) is 11.8 Å². The Morgan fingerprint density at radius 3 is 2.30 bits per heavy atom. The van der Waals surface area contributed by atoms with Crippen molar-refractivity contribution in [2.45, 2.75) is 12.8 Å². The summed E-state index contributed by atoms with van der Waals surface area (Å²) >= 11 is 6.07. The number of carbonyl (C=O) groups is 2. The van der Waals surface area contributed by atoms with E-state index in [4.69, 9.17) is 11.6 Å². The number of nitrogens with one attached hydrogen (secondary N) is 1. The predicted octanol–water partition coefficient (Wildman–Crippen LogP) is 2.87. The van der Waals surface area contributed by atoms with Gasteiger partial charge in [0.1, 0.15) is 5.69 Å². The maximum absolute atomic E-state index is 12.8. The number of aromatic nitrogens is 1. The van der Waals surface area contributed by atoms with E-state index < -0.39 is 0 Å². The number of H-pyrrole nitrogens is 1. The van der Waals surface area contributed by atoms with Crippen LogP contribution in [-0.4, -0.2) is 65.9 Å². The lowest BCUT2D eigenvalue weighted by Crippen LogP contribution is -2.48. The molecule has 0 bridgehead atoms. The molecular weight excluding hydrogens is 364 g/mol. The number of likely N-dealkylation sites (tertiary alicyclic amines) is 1. The van der Waals surface area contributed by atoms with Crippen molar-refractivity contribution >= 4 is 29.1 Å². The summed E-state index contributed by atoms with van der Waals surface area (Å²) in [6.07, 6.45) is 3.75. The average molecular weight is 387 g/mol. The van der Waals surface area contributed by atoms with Gasteiger partial charge in [0, 0.05) is 56.2 Å². The fourth-order valence-corrected chi connectivity index (χ4v) is 3.94. The van der Waals surface area contributed by atoms with Gasteiger partial charge in [0.15, 0.2) is 0 Å². The third-order valence-corrected chi connectivity index (χ3v) is 5.53. The predicted molar refractivity (Wildman–Crippen MR) is 105 cm³/mol. The van der Waals surface area contributed by atoms with Crippen molar-refractivity contribution in [2.24, 2.45) is 0 Å². The molecule has 2 fully saturated rings. The normalized spacial score (nSPS) is 17.4. The molecule has 142 valence electrons. The van der Waals surface area contributed by atoms with E-state index in [9.17, 15) is 9.59 Å². The summed E-state index contributed by atoms with van der Waals surface area (Å²) in [6, 6.07) is 9.46. The summed E-state index contributed by atoms with van der Waals surface area (Å²) in [5.74, 6) is -0.0465. The molecule has 2 aromatic rings. The second-order valence-electron chi connectivity index (χ2n) is 7.06. The van der Waals surface area contributed by atoms with E-state index in [2.05, 4.69) is 9.88 Å². The van der Waals surface area contributed by atoms with Crippen molar-refractivity contribution in [2.75, 3.05) is 44.2 Å². The van der Waals surface area contributed by atoms with Crippen LogP contribution >= 0.6 is 11.6 Å². The number of nitrogens with zero attached hydrogens (tertiary/aromatic N) is 3. The standard InChI is InChI=1S/C20H23ClN4O2/c21-16-4-3-5-17(13-16)23-8-10-25(11-9-23)19(26)15-12-18(22-14-15)20(27)24-6-1-2-7-24/h3-5,12-14,22H,1-2,6-11H2. The first-order valence-electron chi connectivity index (χ1n) is 9.39. The van der Waals surface area contributed by atoms with Crippen LogP contribution in [-0.2, 0) is 0 Å². The Morgan fingerprint density at radius 1 is 0.889 bits per heavy atom. The first kappa shape index (κ1) is 17.9. The summed E-state index contributed by atoms with van der Waals surface area (Å²) in [6.45, 7) is 4.41. The molecule has 2 aliphatic heterocycles. The number of halogens is 1. The maximum Gasteiger partial charge on any atom is 0.270 e. The number of amides is 2. The number of aromatic amines is 1. The lowest BCUT2D eigenvalue weighted by molar-refractivity contribution is 0.0747. The molecule has 27 heavy (non-hydrogen) atoms. The van der Waals surface area contributed by atoms with E-state index in [1.165, 1.54) is 0 Å². The van der Waals surface area contributed by atoms with Gasteiger partial charge < -0.3 is 19.7 Å².